The van der Waals surface area contributed by atoms with Crippen LogP contribution in [0, 0.1) is 20.8 Å². The van der Waals surface area contributed by atoms with E-state index >= 15 is 0 Å². The largest absolute Gasteiger partial charge is 0.280 e. The smallest absolute Gasteiger partial charge is 0.265 e. The molecular weight excluding hydrogens is 400 g/mol. The number of primary sulfonamides is 1. The Morgan fingerprint density at radius 3 is 2.00 bits per heavy atom. The van der Waals surface area contributed by atoms with Gasteiger partial charge in [0.05, 0.1) is 22.0 Å². The van der Waals surface area contributed by atoms with Crippen LogP contribution in [0.15, 0.2) is 58.3 Å². The Balaban J connectivity index is 1.97. The molecule has 1 aromatic heterocycles. The van der Waals surface area contributed by atoms with Crippen molar-refractivity contribution in [3.8, 4) is 5.69 Å². The Bertz CT molecular complexity index is 1230. The highest BCUT2D eigenvalue weighted by Gasteiger charge is 2.25. The Kier molecular flexibility index (Phi) is 5.04. The van der Waals surface area contributed by atoms with Gasteiger partial charge in [-0.15, -0.1) is 0 Å². The number of aryl methyl sites for hydroxylation is 2. The van der Waals surface area contributed by atoms with Gasteiger partial charge in [-0.3, -0.25) is 4.72 Å². The second-order valence-corrected chi connectivity index (χ2v) is 9.60. The summed E-state index contributed by atoms with van der Waals surface area (Å²) in [4.78, 5) is -0.0291. The van der Waals surface area contributed by atoms with Crippen molar-refractivity contribution in [2.24, 2.45) is 5.14 Å². The number of nitrogens with one attached hydrogen (secondary N) is 1. The first-order chi connectivity index (χ1) is 13.0. The predicted octanol–water partition coefficient (Wildman–Crippen LogP) is 2.25. The van der Waals surface area contributed by atoms with Gasteiger partial charge in [-0.2, -0.15) is 5.10 Å². The number of anilines is 1. The van der Waals surface area contributed by atoms with Crippen molar-refractivity contribution >= 4 is 25.7 Å². The van der Waals surface area contributed by atoms with E-state index in [1.54, 1.807) is 18.5 Å². The minimum atomic E-state index is -3.93. The average Bonchev–Trinajstić information content (AvgIpc) is 2.90. The minimum Gasteiger partial charge on any atom is -0.280 e. The first-order valence-corrected chi connectivity index (χ1v) is 11.3. The lowest BCUT2D eigenvalue weighted by molar-refractivity contribution is 0.597. The monoisotopic (exact) mass is 420 g/mol. The molecule has 148 valence electrons. The fourth-order valence-corrected chi connectivity index (χ4v) is 4.84. The molecule has 0 radical (unpaired) electrons. The van der Waals surface area contributed by atoms with E-state index in [-0.39, 0.29) is 15.5 Å². The van der Waals surface area contributed by atoms with Gasteiger partial charge in [0.25, 0.3) is 10.0 Å². The van der Waals surface area contributed by atoms with Crippen LogP contribution in [-0.4, -0.2) is 26.6 Å². The van der Waals surface area contributed by atoms with Gasteiger partial charge in [0.2, 0.25) is 10.0 Å². The third-order valence-corrected chi connectivity index (χ3v) is 6.77. The van der Waals surface area contributed by atoms with Crippen LogP contribution < -0.4 is 9.86 Å². The molecule has 0 spiro atoms. The van der Waals surface area contributed by atoms with Crippen LogP contribution in [0.1, 0.15) is 17.0 Å². The predicted molar refractivity (Wildman–Crippen MR) is 106 cm³/mol. The molecule has 0 saturated carbocycles. The van der Waals surface area contributed by atoms with E-state index in [1.807, 2.05) is 31.2 Å². The summed E-state index contributed by atoms with van der Waals surface area (Å²) in [5.74, 6) is 0. The Morgan fingerprint density at radius 2 is 1.46 bits per heavy atom. The van der Waals surface area contributed by atoms with Crippen LogP contribution in [0.4, 0.5) is 5.69 Å². The SMILES string of the molecule is Cc1ccc(-n2nc(C)c(S(=O)(=O)Nc3ccc(S(N)(=O)=O)cc3)c2C)cc1. The summed E-state index contributed by atoms with van der Waals surface area (Å²) in [5, 5.41) is 9.42. The van der Waals surface area contributed by atoms with E-state index < -0.39 is 20.0 Å². The van der Waals surface area contributed by atoms with Gasteiger partial charge in [0, 0.05) is 5.69 Å². The number of aromatic nitrogens is 2. The van der Waals surface area contributed by atoms with Crippen molar-refractivity contribution in [3.05, 3.63) is 65.5 Å². The zero-order chi connectivity index (χ0) is 20.7. The fraction of sp³-hybridized carbons (Fsp3) is 0.167. The molecule has 0 unspecified atom stereocenters. The molecule has 0 amide bonds. The summed E-state index contributed by atoms with van der Waals surface area (Å²) < 4.78 is 52.5. The standard InChI is InChI=1S/C18H20N4O4S2/c1-12-4-8-16(9-5-12)22-14(3)18(13(2)20-22)28(25,26)21-15-6-10-17(11-7-15)27(19,23)24/h4-11,21H,1-3H3,(H2,19,23,24). The second kappa shape index (κ2) is 7.04. The molecule has 0 bridgehead atoms. The number of nitrogens with zero attached hydrogens (tertiary/aromatic N) is 2. The molecule has 0 atom stereocenters. The number of hydrogen-bond acceptors (Lipinski definition) is 5. The summed E-state index contributed by atoms with van der Waals surface area (Å²) >= 11 is 0. The van der Waals surface area contributed by atoms with Crippen molar-refractivity contribution in [2.75, 3.05) is 4.72 Å². The number of hydrogen-bond donors (Lipinski definition) is 2. The van der Waals surface area contributed by atoms with Crippen LogP contribution in [0.2, 0.25) is 0 Å². The average molecular weight is 421 g/mol. The minimum absolute atomic E-state index is 0.0728. The maximum atomic E-state index is 12.9. The molecule has 0 fully saturated rings. The maximum Gasteiger partial charge on any atom is 0.265 e. The molecule has 0 aliphatic carbocycles. The van der Waals surface area contributed by atoms with E-state index in [2.05, 4.69) is 9.82 Å². The fourth-order valence-electron chi connectivity index (χ4n) is 2.87. The molecule has 0 aliphatic rings. The molecule has 3 rings (SSSR count). The molecule has 1 heterocycles. The number of sulfonamides is 2. The highest BCUT2D eigenvalue weighted by atomic mass is 32.2. The highest BCUT2D eigenvalue weighted by Crippen LogP contribution is 2.25. The van der Waals surface area contributed by atoms with Crippen LogP contribution >= 0.6 is 0 Å². The van der Waals surface area contributed by atoms with Gasteiger partial charge in [-0.1, -0.05) is 17.7 Å². The molecule has 3 N–H and O–H groups in total. The molecule has 8 nitrogen and oxygen atoms in total. The van der Waals surface area contributed by atoms with Crippen LogP contribution in [0.5, 0.6) is 0 Å². The molecule has 2 aromatic carbocycles. The van der Waals surface area contributed by atoms with Crippen molar-refractivity contribution in [1.29, 1.82) is 0 Å². The first kappa shape index (κ1) is 20.1. The maximum absolute atomic E-state index is 12.9. The zero-order valence-corrected chi connectivity index (χ0v) is 17.2. The topological polar surface area (TPSA) is 124 Å². The highest BCUT2D eigenvalue weighted by molar-refractivity contribution is 7.92. The summed E-state index contributed by atoms with van der Waals surface area (Å²) in [6.45, 7) is 5.26. The van der Waals surface area contributed by atoms with E-state index in [1.165, 1.54) is 24.3 Å². The zero-order valence-electron chi connectivity index (χ0n) is 15.5. The van der Waals surface area contributed by atoms with Crippen LogP contribution in [0.3, 0.4) is 0 Å². The van der Waals surface area contributed by atoms with E-state index in [0.29, 0.717) is 11.4 Å². The molecule has 10 heteroatoms. The van der Waals surface area contributed by atoms with Crippen LogP contribution in [-0.2, 0) is 20.0 Å². The van der Waals surface area contributed by atoms with Gasteiger partial charge in [-0.25, -0.2) is 26.7 Å². The second-order valence-electron chi connectivity index (χ2n) is 6.42. The number of nitrogens with two attached hydrogens (primary N) is 1. The van der Waals surface area contributed by atoms with E-state index in [0.717, 1.165) is 11.3 Å². The van der Waals surface area contributed by atoms with Gasteiger partial charge in [0.1, 0.15) is 4.90 Å². The third kappa shape index (κ3) is 3.93. The van der Waals surface area contributed by atoms with Crippen molar-refractivity contribution < 1.29 is 16.8 Å². The third-order valence-electron chi connectivity index (χ3n) is 4.21. The lowest BCUT2D eigenvalue weighted by Crippen LogP contribution is -2.15. The molecule has 3 aromatic rings. The summed E-state index contributed by atoms with van der Waals surface area (Å²) in [6, 6.07) is 12.7. The van der Waals surface area contributed by atoms with Gasteiger partial charge < -0.3 is 0 Å². The first-order valence-electron chi connectivity index (χ1n) is 8.28. The van der Waals surface area contributed by atoms with Gasteiger partial charge in [-0.05, 0) is 57.2 Å². The molecular formula is C18H20N4O4S2. The van der Waals surface area contributed by atoms with Crippen molar-refractivity contribution in [3.63, 3.8) is 0 Å². The lowest BCUT2D eigenvalue weighted by Gasteiger charge is -2.10. The molecule has 0 aliphatic heterocycles. The summed E-state index contributed by atoms with van der Waals surface area (Å²) in [6.07, 6.45) is 0. The van der Waals surface area contributed by atoms with Gasteiger partial charge >= 0.3 is 0 Å². The van der Waals surface area contributed by atoms with E-state index in [4.69, 9.17) is 5.14 Å². The van der Waals surface area contributed by atoms with Crippen LogP contribution in [0.25, 0.3) is 5.69 Å². The van der Waals surface area contributed by atoms with Crippen molar-refractivity contribution in [1.82, 2.24) is 9.78 Å². The lowest BCUT2D eigenvalue weighted by atomic mass is 10.2. The van der Waals surface area contributed by atoms with Crippen molar-refractivity contribution in [2.45, 2.75) is 30.6 Å². The molecule has 28 heavy (non-hydrogen) atoms. The number of rotatable bonds is 5. The van der Waals surface area contributed by atoms with E-state index in [9.17, 15) is 16.8 Å². The Labute approximate surface area is 164 Å². The Hall–Kier alpha value is -2.69. The summed E-state index contributed by atoms with van der Waals surface area (Å²) in [7, 11) is -7.78. The quantitative estimate of drug-likeness (QED) is 0.655. The Morgan fingerprint density at radius 1 is 0.893 bits per heavy atom. The van der Waals surface area contributed by atoms with Gasteiger partial charge in [0.15, 0.2) is 0 Å². The summed E-state index contributed by atoms with van der Waals surface area (Å²) in [5.41, 5.74) is 2.88. The molecule has 0 saturated heterocycles. The normalized spacial score (nSPS) is 12.1. The number of benzene rings is 2.